The maximum Gasteiger partial charge on any atom is 0.150 e. The van der Waals surface area contributed by atoms with Crippen molar-refractivity contribution in [2.45, 2.75) is 32.7 Å². The molecular weight excluding hydrogens is 336 g/mol. The van der Waals surface area contributed by atoms with Crippen molar-refractivity contribution in [3.8, 4) is 0 Å². The van der Waals surface area contributed by atoms with E-state index in [2.05, 4.69) is 15.0 Å². The van der Waals surface area contributed by atoms with Gasteiger partial charge in [0.2, 0.25) is 0 Å². The van der Waals surface area contributed by atoms with Crippen LogP contribution in [0.2, 0.25) is 0 Å². The largest absolute Gasteiger partial charge is 0.386 e. The quantitative estimate of drug-likeness (QED) is 0.850. The molecule has 9 heteroatoms. The molecule has 0 amide bonds. The molecular formula is C14H20N4O3S2. The van der Waals surface area contributed by atoms with Crippen LogP contribution in [0.15, 0.2) is 11.6 Å². The minimum Gasteiger partial charge on any atom is -0.386 e. The number of aliphatic hydroxyl groups excluding tert-OH is 1. The molecule has 3 rings (SSSR count). The first-order valence-corrected chi connectivity index (χ1v) is 10.3. The topological polar surface area (TPSA) is 88.3 Å². The predicted octanol–water partition coefficient (Wildman–Crippen LogP) is 0.742. The van der Waals surface area contributed by atoms with E-state index < -0.39 is 15.9 Å². The molecule has 0 aliphatic carbocycles. The fraction of sp³-hybridized carbons (Fsp3) is 0.571. The van der Waals surface area contributed by atoms with Gasteiger partial charge in [0.25, 0.3) is 0 Å². The van der Waals surface area contributed by atoms with Crippen molar-refractivity contribution in [1.29, 1.82) is 0 Å². The molecule has 2 aromatic heterocycles. The Morgan fingerprint density at radius 2 is 2.22 bits per heavy atom. The molecule has 1 aliphatic rings. The summed E-state index contributed by atoms with van der Waals surface area (Å²) >= 11 is 1.66. The van der Waals surface area contributed by atoms with Gasteiger partial charge in [-0.25, -0.2) is 13.4 Å². The Kier molecular flexibility index (Phi) is 4.54. The lowest BCUT2D eigenvalue weighted by atomic mass is 10.2. The summed E-state index contributed by atoms with van der Waals surface area (Å²) in [5, 5.41) is 14.4. The third-order valence-electron chi connectivity index (χ3n) is 3.91. The highest BCUT2D eigenvalue weighted by Crippen LogP contribution is 2.22. The first-order chi connectivity index (χ1) is 10.8. The maximum atomic E-state index is 11.3. The van der Waals surface area contributed by atoms with Crippen molar-refractivity contribution in [2.75, 3.05) is 18.6 Å². The number of aliphatic hydroxyl groups is 1. The third kappa shape index (κ3) is 3.97. The van der Waals surface area contributed by atoms with Crippen LogP contribution >= 0.6 is 11.3 Å². The fourth-order valence-corrected chi connectivity index (χ4v) is 4.26. The summed E-state index contributed by atoms with van der Waals surface area (Å²) in [6, 6.07) is 1.81. The zero-order valence-electron chi connectivity index (χ0n) is 13.1. The summed E-state index contributed by atoms with van der Waals surface area (Å²) < 4.78 is 24.5. The number of hydrogen-bond acceptors (Lipinski definition) is 7. The number of aryl methyl sites for hydroxylation is 1. The molecule has 2 aromatic rings. The molecule has 1 atom stereocenters. The van der Waals surface area contributed by atoms with Gasteiger partial charge in [0.05, 0.1) is 34.9 Å². The summed E-state index contributed by atoms with van der Waals surface area (Å²) in [6.07, 6.45) is 0.0472. The minimum atomic E-state index is -3.24. The van der Waals surface area contributed by atoms with Gasteiger partial charge in [-0.15, -0.1) is 11.3 Å². The van der Waals surface area contributed by atoms with Crippen LogP contribution in [0.4, 0.5) is 0 Å². The molecule has 1 N–H and O–H groups in total. The lowest BCUT2D eigenvalue weighted by molar-refractivity contribution is 0.191. The molecule has 126 valence electrons. The fourth-order valence-electron chi connectivity index (χ4n) is 2.69. The highest BCUT2D eigenvalue weighted by molar-refractivity contribution is 7.90. The van der Waals surface area contributed by atoms with Gasteiger partial charge in [-0.2, -0.15) is 5.10 Å². The Morgan fingerprint density at radius 1 is 1.43 bits per heavy atom. The number of aromatic nitrogens is 3. The average Bonchev–Trinajstić information content (AvgIpc) is 3.03. The van der Waals surface area contributed by atoms with E-state index in [9.17, 15) is 13.5 Å². The number of thiazole rings is 1. The third-order valence-corrected chi connectivity index (χ3v) is 5.75. The van der Waals surface area contributed by atoms with E-state index in [0.717, 1.165) is 43.8 Å². The smallest absolute Gasteiger partial charge is 0.150 e. The van der Waals surface area contributed by atoms with Crippen molar-refractivity contribution in [2.24, 2.45) is 0 Å². The van der Waals surface area contributed by atoms with Crippen LogP contribution in [-0.2, 0) is 29.5 Å². The minimum absolute atomic E-state index is 0.298. The van der Waals surface area contributed by atoms with Crippen molar-refractivity contribution >= 4 is 21.2 Å². The number of sulfone groups is 1. The van der Waals surface area contributed by atoms with Gasteiger partial charge >= 0.3 is 0 Å². The van der Waals surface area contributed by atoms with Crippen molar-refractivity contribution in [3.63, 3.8) is 0 Å². The second-order valence-corrected chi connectivity index (χ2v) is 9.09. The summed E-state index contributed by atoms with van der Waals surface area (Å²) in [5.41, 5.74) is 4.36. The predicted molar refractivity (Wildman–Crippen MR) is 87.9 cm³/mol. The Balaban J connectivity index is 1.70. The SMILES string of the molecule is Cc1ncsc1CN1CCn2nc([C@H](O)CS(C)(=O)=O)cc2C1. The van der Waals surface area contributed by atoms with Crippen LogP contribution in [0.1, 0.15) is 28.1 Å². The Bertz CT molecular complexity index is 797. The monoisotopic (exact) mass is 356 g/mol. The van der Waals surface area contributed by atoms with Gasteiger partial charge in [0, 0.05) is 30.8 Å². The zero-order valence-corrected chi connectivity index (χ0v) is 14.8. The molecule has 23 heavy (non-hydrogen) atoms. The molecule has 0 saturated carbocycles. The van der Waals surface area contributed by atoms with Crippen molar-refractivity contribution in [3.05, 3.63) is 33.5 Å². The summed E-state index contributed by atoms with van der Waals surface area (Å²) in [7, 11) is -3.24. The molecule has 0 spiro atoms. The van der Waals surface area contributed by atoms with E-state index in [1.807, 2.05) is 23.2 Å². The Morgan fingerprint density at radius 3 is 2.87 bits per heavy atom. The van der Waals surface area contributed by atoms with Crippen LogP contribution in [0, 0.1) is 6.92 Å². The van der Waals surface area contributed by atoms with Crippen LogP contribution in [0.3, 0.4) is 0 Å². The van der Waals surface area contributed by atoms with Gasteiger partial charge in [-0.3, -0.25) is 9.58 Å². The molecule has 3 heterocycles. The van der Waals surface area contributed by atoms with E-state index in [4.69, 9.17) is 0 Å². The van der Waals surface area contributed by atoms with E-state index in [1.165, 1.54) is 4.88 Å². The highest BCUT2D eigenvalue weighted by atomic mass is 32.2. The van der Waals surface area contributed by atoms with Crippen LogP contribution in [-0.4, -0.2) is 51.7 Å². The maximum absolute atomic E-state index is 11.3. The lowest BCUT2D eigenvalue weighted by Gasteiger charge is -2.27. The molecule has 0 saturated heterocycles. The number of nitrogens with zero attached hydrogens (tertiary/aromatic N) is 4. The molecule has 0 unspecified atom stereocenters. The van der Waals surface area contributed by atoms with Crippen LogP contribution in [0.25, 0.3) is 0 Å². The molecule has 7 nitrogen and oxygen atoms in total. The molecule has 1 aliphatic heterocycles. The average molecular weight is 356 g/mol. The second kappa shape index (κ2) is 6.31. The molecule has 0 radical (unpaired) electrons. The van der Waals surface area contributed by atoms with E-state index in [1.54, 1.807) is 11.3 Å². The van der Waals surface area contributed by atoms with E-state index in [0.29, 0.717) is 5.69 Å². The zero-order chi connectivity index (χ0) is 16.6. The number of hydrogen-bond donors (Lipinski definition) is 1. The lowest BCUT2D eigenvalue weighted by Crippen LogP contribution is -2.33. The molecule has 0 fully saturated rings. The van der Waals surface area contributed by atoms with Crippen LogP contribution in [0.5, 0.6) is 0 Å². The highest BCUT2D eigenvalue weighted by Gasteiger charge is 2.23. The van der Waals surface area contributed by atoms with Gasteiger partial charge in [0.1, 0.15) is 15.9 Å². The molecule has 0 aromatic carbocycles. The molecule has 0 bridgehead atoms. The Labute approximate surface area is 139 Å². The first-order valence-electron chi connectivity index (χ1n) is 7.35. The van der Waals surface area contributed by atoms with Gasteiger partial charge < -0.3 is 5.11 Å². The standard InChI is InChI=1S/C14H20N4O3S2/c1-10-14(22-9-15-10)7-17-3-4-18-11(6-17)5-12(16-18)13(19)8-23(2,20)21/h5,9,13,19H,3-4,6-8H2,1-2H3/t13-/m1/s1. The Hall–Kier alpha value is -1.29. The van der Waals surface area contributed by atoms with E-state index >= 15 is 0 Å². The van der Waals surface area contributed by atoms with Gasteiger partial charge in [-0.1, -0.05) is 0 Å². The van der Waals surface area contributed by atoms with Gasteiger partial charge in [0.15, 0.2) is 0 Å². The van der Waals surface area contributed by atoms with Crippen molar-refractivity contribution < 1.29 is 13.5 Å². The summed E-state index contributed by atoms with van der Waals surface area (Å²) in [5.74, 6) is -0.298. The second-order valence-electron chi connectivity index (χ2n) is 5.96. The number of rotatable bonds is 5. The normalized spacial score (nSPS) is 17.2. The van der Waals surface area contributed by atoms with Crippen LogP contribution < -0.4 is 0 Å². The van der Waals surface area contributed by atoms with E-state index in [-0.39, 0.29) is 5.75 Å². The first kappa shape index (κ1) is 16.6. The number of fused-ring (bicyclic) bond motifs is 1. The summed E-state index contributed by atoms with van der Waals surface area (Å²) in [6.45, 7) is 5.20. The van der Waals surface area contributed by atoms with Gasteiger partial charge in [-0.05, 0) is 13.0 Å². The van der Waals surface area contributed by atoms with Crippen molar-refractivity contribution in [1.82, 2.24) is 19.7 Å². The summed E-state index contributed by atoms with van der Waals surface area (Å²) in [4.78, 5) is 7.84.